The SMILES string of the molecule is COc1ccc(S(=O)(=O)N2CCC(CN)C2)cc1Br.Cl. The van der Waals surface area contributed by atoms with Crippen LogP contribution in [0.5, 0.6) is 5.75 Å². The van der Waals surface area contributed by atoms with Gasteiger partial charge < -0.3 is 10.5 Å². The molecule has 0 radical (unpaired) electrons. The Hall–Kier alpha value is -0.340. The van der Waals surface area contributed by atoms with Crippen molar-refractivity contribution in [1.29, 1.82) is 0 Å². The van der Waals surface area contributed by atoms with Gasteiger partial charge in [-0.2, -0.15) is 4.31 Å². The van der Waals surface area contributed by atoms with E-state index in [2.05, 4.69) is 15.9 Å². The number of hydrogen-bond acceptors (Lipinski definition) is 4. The molecule has 5 nitrogen and oxygen atoms in total. The van der Waals surface area contributed by atoms with E-state index >= 15 is 0 Å². The van der Waals surface area contributed by atoms with Crippen LogP contribution in [0.3, 0.4) is 0 Å². The van der Waals surface area contributed by atoms with Gasteiger partial charge in [-0.1, -0.05) is 0 Å². The average molecular weight is 386 g/mol. The largest absolute Gasteiger partial charge is 0.496 e. The number of halogens is 2. The summed E-state index contributed by atoms with van der Waals surface area (Å²) in [5.74, 6) is 0.872. The van der Waals surface area contributed by atoms with Gasteiger partial charge >= 0.3 is 0 Å². The van der Waals surface area contributed by atoms with E-state index in [0.717, 1.165) is 6.42 Å². The van der Waals surface area contributed by atoms with Gasteiger partial charge in [-0.15, -0.1) is 12.4 Å². The molecule has 0 amide bonds. The maximum atomic E-state index is 12.5. The van der Waals surface area contributed by atoms with Gasteiger partial charge in [0.1, 0.15) is 5.75 Å². The van der Waals surface area contributed by atoms with Crippen molar-refractivity contribution in [2.75, 3.05) is 26.7 Å². The summed E-state index contributed by atoms with van der Waals surface area (Å²) in [5.41, 5.74) is 5.59. The van der Waals surface area contributed by atoms with Gasteiger partial charge in [-0.3, -0.25) is 0 Å². The third kappa shape index (κ3) is 3.46. The summed E-state index contributed by atoms with van der Waals surface area (Å²) in [7, 11) is -1.89. The number of benzene rings is 1. The first-order chi connectivity index (χ1) is 8.98. The molecule has 0 bridgehead atoms. The lowest BCUT2D eigenvalue weighted by molar-refractivity contribution is 0.411. The highest BCUT2D eigenvalue weighted by Crippen LogP contribution is 2.30. The topological polar surface area (TPSA) is 72.6 Å². The van der Waals surface area contributed by atoms with Crippen LogP contribution in [-0.2, 0) is 10.0 Å². The molecule has 2 N–H and O–H groups in total. The summed E-state index contributed by atoms with van der Waals surface area (Å²) in [6, 6.07) is 4.78. The zero-order valence-electron chi connectivity index (χ0n) is 11.1. The first-order valence-corrected chi connectivity index (χ1v) is 8.26. The highest BCUT2D eigenvalue weighted by atomic mass is 79.9. The summed E-state index contributed by atoms with van der Waals surface area (Å²) in [5, 5.41) is 0. The van der Waals surface area contributed by atoms with E-state index in [4.69, 9.17) is 10.5 Å². The molecule has 114 valence electrons. The van der Waals surface area contributed by atoms with Gasteiger partial charge in [0, 0.05) is 13.1 Å². The molecule has 1 aromatic carbocycles. The Morgan fingerprint density at radius 2 is 2.20 bits per heavy atom. The van der Waals surface area contributed by atoms with E-state index < -0.39 is 10.0 Å². The zero-order valence-corrected chi connectivity index (χ0v) is 14.3. The molecule has 1 atom stereocenters. The van der Waals surface area contributed by atoms with Crippen LogP contribution in [0.4, 0.5) is 0 Å². The number of nitrogens with zero attached hydrogens (tertiary/aromatic N) is 1. The average Bonchev–Trinajstić information content (AvgIpc) is 2.88. The van der Waals surface area contributed by atoms with Gasteiger partial charge in [0.2, 0.25) is 10.0 Å². The lowest BCUT2D eigenvalue weighted by Crippen LogP contribution is -2.30. The van der Waals surface area contributed by atoms with E-state index in [9.17, 15) is 8.42 Å². The molecule has 2 rings (SSSR count). The Labute approximate surface area is 134 Å². The van der Waals surface area contributed by atoms with Crippen LogP contribution in [0.1, 0.15) is 6.42 Å². The van der Waals surface area contributed by atoms with Gasteiger partial charge in [0.05, 0.1) is 16.5 Å². The molecule has 8 heteroatoms. The zero-order chi connectivity index (χ0) is 14.0. The van der Waals surface area contributed by atoms with Crippen LogP contribution in [0.15, 0.2) is 27.6 Å². The summed E-state index contributed by atoms with van der Waals surface area (Å²) in [6.45, 7) is 1.56. The standard InChI is InChI=1S/C12H17BrN2O3S.ClH/c1-18-12-3-2-10(6-11(12)13)19(16,17)15-5-4-9(7-14)8-15;/h2-3,6,9H,4-5,7-8,14H2,1H3;1H. The number of nitrogens with two attached hydrogens (primary N) is 1. The molecule has 20 heavy (non-hydrogen) atoms. The van der Waals surface area contributed by atoms with Crippen molar-refractivity contribution < 1.29 is 13.2 Å². The second-order valence-corrected chi connectivity index (χ2v) is 7.34. The van der Waals surface area contributed by atoms with Gasteiger partial charge in [0.15, 0.2) is 0 Å². The molecule has 0 spiro atoms. The number of ether oxygens (including phenoxy) is 1. The van der Waals surface area contributed by atoms with Gasteiger partial charge in [-0.25, -0.2) is 8.42 Å². The number of sulfonamides is 1. The lowest BCUT2D eigenvalue weighted by atomic mass is 10.1. The van der Waals surface area contributed by atoms with Gasteiger partial charge in [-0.05, 0) is 53.0 Å². The van der Waals surface area contributed by atoms with Gasteiger partial charge in [0.25, 0.3) is 0 Å². The Kier molecular flexibility index (Phi) is 6.27. The van der Waals surface area contributed by atoms with Crippen molar-refractivity contribution in [2.24, 2.45) is 11.7 Å². The molecule has 0 aromatic heterocycles. The minimum absolute atomic E-state index is 0. The Balaban J connectivity index is 0.00000200. The van der Waals surface area contributed by atoms with E-state index in [1.165, 1.54) is 4.31 Å². The number of rotatable bonds is 4. The smallest absolute Gasteiger partial charge is 0.243 e. The van der Waals surface area contributed by atoms with Crippen molar-refractivity contribution in [3.05, 3.63) is 22.7 Å². The Morgan fingerprint density at radius 3 is 2.70 bits per heavy atom. The van der Waals surface area contributed by atoms with Crippen molar-refractivity contribution in [1.82, 2.24) is 4.31 Å². The molecule has 1 aliphatic rings. The van der Waals surface area contributed by atoms with E-state index in [0.29, 0.717) is 29.9 Å². The molecule has 1 unspecified atom stereocenters. The summed E-state index contributed by atoms with van der Waals surface area (Å²) >= 11 is 3.31. The van der Waals surface area contributed by atoms with Crippen LogP contribution < -0.4 is 10.5 Å². The minimum atomic E-state index is -3.44. The Morgan fingerprint density at radius 1 is 1.50 bits per heavy atom. The van der Waals surface area contributed by atoms with Crippen LogP contribution in [0.25, 0.3) is 0 Å². The summed E-state index contributed by atoms with van der Waals surface area (Å²) in [4.78, 5) is 0.276. The highest BCUT2D eigenvalue weighted by molar-refractivity contribution is 9.10. The molecular formula is C12H18BrClN2O3S. The van der Waals surface area contributed by atoms with Crippen LogP contribution in [-0.4, -0.2) is 39.5 Å². The van der Waals surface area contributed by atoms with Crippen LogP contribution in [0, 0.1) is 5.92 Å². The molecule has 1 heterocycles. The van der Waals surface area contributed by atoms with Crippen molar-refractivity contribution in [2.45, 2.75) is 11.3 Å². The van der Waals surface area contributed by atoms with E-state index in [-0.39, 0.29) is 23.2 Å². The quantitative estimate of drug-likeness (QED) is 0.858. The fraction of sp³-hybridized carbons (Fsp3) is 0.500. The molecule has 1 aliphatic heterocycles. The van der Waals surface area contributed by atoms with Crippen molar-refractivity contribution in [3.8, 4) is 5.75 Å². The summed E-state index contributed by atoms with van der Waals surface area (Å²) in [6.07, 6.45) is 0.826. The first-order valence-electron chi connectivity index (χ1n) is 6.02. The highest BCUT2D eigenvalue weighted by Gasteiger charge is 2.32. The second-order valence-electron chi connectivity index (χ2n) is 4.55. The number of methoxy groups -OCH3 is 1. The maximum Gasteiger partial charge on any atom is 0.243 e. The molecule has 0 aliphatic carbocycles. The molecule has 1 aromatic rings. The van der Waals surface area contributed by atoms with Crippen LogP contribution >= 0.6 is 28.3 Å². The predicted octanol–water partition coefficient (Wildman–Crippen LogP) is 1.85. The van der Waals surface area contributed by atoms with E-state index in [1.54, 1.807) is 25.3 Å². The molecule has 0 saturated carbocycles. The van der Waals surface area contributed by atoms with Crippen molar-refractivity contribution >= 4 is 38.4 Å². The molecule has 1 saturated heterocycles. The van der Waals surface area contributed by atoms with Crippen LogP contribution in [0.2, 0.25) is 0 Å². The number of hydrogen-bond donors (Lipinski definition) is 1. The normalized spacial score (nSPS) is 19.6. The molecule has 1 fully saturated rings. The maximum absolute atomic E-state index is 12.5. The second kappa shape index (κ2) is 7.09. The lowest BCUT2D eigenvalue weighted by Gasteiger charge is -2.17. The third-order valence-corrected chi connectivity index (χ3v) is 5.82. The van der Waals surface area contributed by atoms with E-state index in [1.807, 2.05) is 0 Å². The molecular weight excluding hydrogens is 368 g/mol. The fourth-order valence-electron chi connectivity index (χ4n) is 2.16. The summed E-state index contributed by atoms with van der Waals surface area (Å²) < 4.78 is 32.2. The fourth-order valence-corrected chi connectivity index (χ4v) is 4.41. The van der Waals surface area contributed by atoms with Crippen molar-refractivity contribution in [3.63, 3.8) is 0 Å². The third-order valence-electron chi connectivity index (χ3n) is 3.34. The minimum Gasteiger partial charge on any atom is -0.496 e. The predicted molar refractivity (Wildman–Crippen MR) is 83.9 cm³/mol. The first kappa shape index (κ1) is 17.7. The monoisotopic (exact) mass is 384 g/mol. The Bertz CT molecular complexity index is 568.